The van der Waals surface area contributed by atoms with Crippen molar-refractivity contribution in [1.29, 1.82) is 0 Å². The molecule has 1 fully saturated rings. The Kier molecular flexibility index (Phi) is 5.40. The van der Waals surface area contributed by atoms with Gasteiger partial charge in [0.1, 0.15) is 0 Å². The quantitative estimate of drug-likeness (QED) is 0.771. The molecule has 0 aromatic carbocycles. The summed E-state index contributed by atoms with van der Waals surface area (Å²) in [5, 5.41) is 3.09. The summed E-state index contributed by atoms with van der Waals surface area (Å²) in [4.78, 5) is 14.3. The van der Waals surface area contributed by atoms with Crippen LogP contribution in [0.2, 0.25) is 0 Å². The van der Waals surface area contributed by atoms with Crippen molar-refractivity contribution in [1.82, 2.24) is 10.2 Å². The minimum atomic E-state index is -0.366. The van der Waals surface area contributed by atoms with Gasteiger partial charge in [-0.3, -0.25) is 4.79 Å². The van der Waals surface area contributed by atoms with Crippen LogP contribution in [0.1, 0.15) is 40.0 Å². The predicted molar refractivity (Wildman–Crippen MR) is 70.7 cm³/mol. The second kappa shape index (κ2) is 6.36. The van der Waals surface area contributed by atoms with Crippen LogP contribution in [-0.2, 0) is 4.79 Å². The third-order valence-electron chi connectivity index (χ3n) is 4.11. The van der Waals surface area contributed by atoms with E-state index in [0.29, 0.717) is 12.1 Å². The normalized spacial score (nSPS) is 29.7. The van der Waals surface area contributed by atoms with Crippen molar-refractivity contribution in [2.45, 2.75) is 58.2 Å². The Hall–Kier alpha value is -0.610. The number of hydrogen-bond acceptors (Lipinski definition) is 3. The number of carbonyl (C=O) groups is 1. The smallest absolute Gasteiger partial charge is 0.237 e. The van der Waals surface area contributed by atoms with Gasteiger partial charge in [0.25, 0.3) is 0 Å². The number of amides is 1. The van der Waals surface area contributed by atoms with Gasteiger partial charge < -0.3 is 16.0 Å². The molecule has 1 aliphatic rings. The Morgan fingerprint density at radius 2 is 2.24 bits per heavy atom. The first kappa shape index (κ1) is 14.5. The molecule has 1 saturated heterocycles. The minimum Gasteiger partial charge on any atom is -0.352 e. The molecule has 0 radical (unpaired) electrons. The van der Waals surface area contributed by atoms with Crippen molar-refractivity contribution in [3.05, 3.63) is 0 Å². The van der Waals surface area contributed by atoms with Gasteiger partial charge in [-0.1, -0.05) is 20.3 Å². The summed E-state index contributed by atoms with van der Waals surface area (Å²) in [6.45, 7) is 7.34. The van der Waals surface area contributed by atoms with Crippen LogP contribution >= 0.6 is 0 Å². The Labute approximate surface area is 105 Å². The molecule has 4 nitrogen and oxygen atoms in total. The molecule has 0 aliphatic carbocycles. The summed E-state index contributed by atoms with van der Waals surface area (Å²) in [7, 11) is 2.13. The molecule has 0 aromatic heterocycles. The van der Waals surface area contributed by atoms with Gasteiger partial charge >= 0.3 is 0 Å². The van der Waals surface area contributed by atoms with Crippen molar-refractivity contribution in [2.24, 2.45) is 11.7 Å². The fourth-order valence-electron chi connectivity index (χ4n) is 2.23. The zero-order valence-electron chi connectivity index (χ0n) is 11.6. The molecule has 17 heavy (non-hydrogen) atoms. The molecule has 1 amide bonds. The molecular weight excluding hydrogens is 214 g/mol. The number of nitrogens with zero attached hydrogens (tertiary/aromatic N) is 1. The predicted octanol–water partition coefficient (Wildman–Crippen LogP) is 0.959. The third kappa shape index (κ3) is 3.96. The first-order chi connectivity index (χ1) is 7.95. The largest absolute Gasteiger partial charge is 0.352 e. The molecule has 0 spiro atoms. The number of rotatable bonds is 4. The topological polar surface area (TPSA) is 58.4 Å². The number of nitrogens with one attached hydrogen (secondary N) is 1. The van der Waals surface area contributed by atoms with E-state index in [9.17, 15) is 4.79 Å². The van der Waals surface area contributed by atoms with Gasteiger partial charge in [-0.25, -0.2) is 0 Å². The Morgan fingerprint density at radius 3 is 2.76 bits per heavy atom. The maximum absolute atomic E-state index is 12.0. The molecular formula is C13H27N3O. The standard InChI is InChI=1S/C13H27N3O/c1-5-9(2)12(14)13(17)15-11-6-7-16(4)10(3)8-11/h9-12H,5-8,14H2,1-4H3,(H,15,17)/t9?,10?,11?,12-/m0/s1. The van der Waals surface area contributed by atoms with Crippen molar-refractivity contribution in [2.75, 3.05) is 13.6 Å². The van der Waals surface area contributed by atoms with E-state index >= 15 is 0 Å². The van der Waals surface area contributed by atoms with Gasteiger partial charge in [0, 0.05) is 18.6 Å². The molecule has 1 rings (SSSR count). The van der Waals surface area contributed by atoms with Crippen molar-refractivity contribution >= 4 is 5.91 Å². The first-order valence-corrected chi connectivity index (χ1v) is 6.71. The fourth-order valence-corrected chi connectivity index (χ4v) is 2.23. The minimum absolute atomic E-state index is 0.0149. The van der Waals surface area contributed by atoms with Crippen LogP contribution < -0.4 is 11.1 Å². The summed E-state index contributed by atoms with van der Waals surface area (Å²) in [6.07, 6.45) is 2.99. The second-order valence-corrected chi connectivity index (χ2v) is 5.47. The van der Waals surface area contributed by atoms with Crippen molar-refractivity contribution in [3.63, 3.8) is 0 Å². The Balaban J connectivity index is 2.41. The van der Waals surface area contributed by atoms with Gasteiger partial charge in [0.05, 0.1) is 6.04 Å². The number of piperidine rings is 1. The molecule has 1 aliphatic heterocycles. The van der Waals surface area contributed by atoms with Crippen LogP contribution in [0.5, 0.6) is 0 Å². The lowest BCUT2D eigenvalue weighted by atomic mass is 9.96. The molecule has 0 bridgehead atoms. The number of hydrogen-bond donors (Lipinski definition) is 2. The van der Waals surface area contributed by atoms with Crippen molar-refractivity contribution < 1.29 is 4.79 Å². The van der Waals surface area contributed by atoms with Crippen LogP contribution in [0.4, 0.5) is 0 Å². The highest BCUT2D eigenvalue weighted by atomic mass is 16.2. The highest BCUT2D eigenvalue weighted by Crippen LogP contribution is 2.16. The summed E-state index contributed by atoms with van der Waals surface area (Å²) in [5.74, 6) is 0.264. The van der Waals surface area contributed by atoms with E-state index in [4.69, 9.17) is 5.73 Å². The van der Waals surface area contributed by atoms with Gasteiger partial charge in [0.2, 0.25) is 5.91 Å². The third-order valence-corrected chi connectivity index (χ3v) is 4.11. The van der Waals surface area contributed by atoms with Gasteiger partial charge in [-0.15, -0.1) is 0 Å². The van der Waals surface area contributed by atoms with E-state index in [2.05, 4.69) is 31.1 Å². The molecule has 4 heteroatoms. The fraction of sp³-hybridized carbons (Fsp3) is 0.923. The maximum Gasteiger partial charge on any atom is 0.237 e. The second-order valence-electron chi connectivity index (χ2n) is 5.47. The lowest BCUT2D eigenvalue weighted by Crippen LogP contribution is -2.52. The highest BCUT2D eigenvalue weighted by molar-refractivity contribution is 5.82. The SMILES string of the molecule is CCC(C)[C@H](N)C(=O)NC1CCN(C)C(C)C1. The van der Waals surface area contributed by atoms with Gasteiger partial charge in [-0.2, -0.15) is 0 Å². The summed E-state index contributed by atoms with van der Waals surface area (Å²) >= 11 is 0. The van der Waals surface area contributed by atoms with Gasteiger partial charge in [0.15, 0.2) is 0 Å². The van der Waals surface area contributed by atoms with E-state index < -0.39 is 0 Å². The number of likely N-dealkylation sites (tertiary alicyclic amines) is 1. The summed E-state index contributed by atoms with van der Waals surface area (Å²) in [6, 6.07) is 0.465. The number of nitrogens with two attached hydrogens (primary N) is 1. The van der Waals surface area contributed by atoms with E-state index in [0.717, 1.165) is 25.8 Å². The van der Waals surface area contributed by atoms with E-state index in [-0.39, 0.29) is 17.9 Å². The Bertz CT molecular complexity index is 257. The van der Waals surface area contributed by atoms with Crippen LogP contribution in [0.25, 0.3) is 0 Å². The average Bonchev–Trinajstić information content (AvgIpc) is 2.31. The average molecular weight is 241 g/mol. The molecule has 3 N–H and O–H groups in total. The van der Waals surface area contributed by atoms with E-state index in [1.807, 2.05) is 6.92 Å². The van der Waals surface area contributed by atoms with Crippen LogP contribution in [0.15, 0.2) is 0 Å². The monoisotopic (exact) mass is 241 g/mol. The zero-order chi connectivity index (χ0) is 13.0. The molecule has 100 valence electrons. The molecule has 1 heterocycles. The lowest BCUT2D eigenvalue weighted by molar-refractivity contribution is -0.124. The summed E-state index contributed by atoms with van der Waals surface area (Å²) < 4.78 is 0. The zero-order valence-corrected chi connectivity index (χ0v) is 11.6. The van der Waals surface area contributed by atoms with Crippen LogP contribution in [0.3, 0.4) is 0 Å². The maximum atomic E-state index is 12.0. The van der Waals surface area contributed by atoms with Crippen LogP contribution in [0, 0.1) is 5.92 Å². The molecule has 0 aromatic rings. The number of carbonyl (C=O) groups excluding carboxylic acids is 1. The van der Waals surface area contributed by atoms with Crippen molar-refractivity contribution in [3.8, 4) is 0 Å². The summed E-state index contributed by atoms with van der Waals surface area (Å²) in [5.41, 5.74) is 5.93. The highest BCUT2D eigenvalue weighted by Gasteiger charge is 2.26. The molecule has 3 unspecified atom stereocenters. The molecule has 0 saturated carbocycles. The molecule has 4 atom stereocenters. The van der Waals surface area contributed by atoms with Crippen LogP contribution in [-0.4, -0.2) is 42.5 Å². The van der Waals surface area contributed by atoms with Gasteiger partial charge in [-0.05, 0) is 32.7 Å². The first-order valence-electron chi connectivity index (χ1n) is 6.71. The van der Waals surface area contributed by atoms with E-state index in [1.54, 1.807) is 0 Å². The lowest BCUT2D eigenvalue weighted by Gasteiger charge is -2.36. The van der Waals surface area contributed by atoms with E-state index in [1.165, 1.54) is 0 Å². The Morgan fingerprint density at radius 1 is 1.59 bits per heavy atom.